The summed E-state index contributed by atoms with van der Waals surface area (Å²) < 4.78 is 0. The van der Waals surface area contributed by atoms with Crippen LogP contribution in [0.2, 0.25) is 0 Å². The van der Waals surface area contributed by atoms with Gasteiger partial charge in [-0.2, -0.15) is 0 Å². The lowest BCUT2D eigenvalue weighted by Crippen LogP contribution is -2.31. The molecule has 108 valence electrons. The number of hydrogen-bond donors (Lipinski definition) is 2. The number of carbonyl (C=O) groups is 1. The van der Waals surface area contributed by atoms with Crippen molar-refractivity contribution in [3.05, 3.63) is 39.4 Å². The summed E-state index contributed by atoms with van der Waals surface area (Å²) >= 11 is 0. The molecule has 0 aromatic heterocycles. The lowest BCUT2D eigenvalue weighted by atomic mass is 10.1. The van der Waals surface area contributed by atoms with Crippen molar-refractivity contribution in [1.82, 2.24) is 10.6 Å². The molecule has 0 saturated carbocycles. The Morgan fingerprint density at radius 1 is 1.55 bits per heavy atom. The van der Waals surface area contributed by atoms with E-state index in [-0.39, 0.29) is 17.2 Å². The van der Waals surface area contributed by atoms with Crippen LogP contribution in [0.25, 0.3) is 0 Å². The van der Waals surface area contributed by atoms with Crippen molar-refractivity contribution in [3.63, 3.8) is 0 Å². The Hall–Kier alpha value is -1.95. The summed E-state index contributed by atoms with van der Waals surface area (Å²) in [5.74, 6) is -0.376. The standard InChI is InChI=1S/C14H19N3O3/c1-10-4-2-6-12(13(10)17(19)20)14(18)16-9-7-11-5-3-8-15-11/h2,4,6,11,15H,3,5,7-9H2,1H3,(H,16,18)/t11-/m1/s1. The molecule has 0 bridgehead atoms. The SMILES string of the molecule is Cc1cccc(C(=O)NCC[C@H]2CCCN2)c1[N+](=O)[O-]. The highest BCUT2D eigenvalue weighted by Gasteiger charge is 2.22. The number of nitro benzene ring substituents is 1. The van der Waals surface area contributed by atoms with E-state index in [0.717, 1.165) is 19.4 Å². The van der Waals surface area contributed by atoms with Crippen LogP contribution in [0.3, 0.4) is 0 Å². The molecule has 1 amide bonds. The van der Waals surface area contributed by atoms with Gasteiger partial charge in [0.2, 0.25) is 0 Å². The van der Waals surface area contributed by atoms with Crippen molar-refractivity contribution in [2.75, 3.05) is 13.1 Å². The molecule has 1 aliphatic rings. The fourth-order valence-electron chi connectivity index (χ4n) is 2.54. The average Bonchev–Trinajstić information content (AvgIpc) is 2.91. The van der Waals surface area contributed by atoms with Gasteiger partial charge in [0, 0.05) is 18.2 Å². The van der Waals surface area contributed by atoms with Gasteiger partial charge in [0.1, 0.15) is 5.56 Å². The highest BCUT2D eigenvalue weighted by atomic mass is 16.6. The summed E-state index contributed by atoms with van der Waals surface area (Å²) in [6.45, 7) is 3.20. The van der Waals surface area contributed by atoms with Crippen molar-refractivity contribution in [2.45, 2.75) is 32.2 Å². The Kier molecular flexibility index (Phi) is 4.68. The monoisotopic (exact) mass is 277 g/mol. The Balaban J connectivity index is 1.98. The zero-order valence-corrected chi connectivity index (χ0v) is 11.5. The van der Waals surface area contributed by atoms with Gasteiger partial charge in [-0.3, -0.25) is 14.9 Å². The zero-order chi connectivity index (χ0) is 14.5. The van der Waals surface area contributed by atoms with Gasteiger partial charge in [0.15, 0.2) is 0 Å². The second kappa shape index (κ2) is 6.47. The molecule has 6 nitrogen and oxygen atoms in total. The molecule has 0 radical (unpaired) electrons. The molecule has 1 aromatic carbocycles. The quantitative estimate of drug-likeness (QED) is 0.634. The highest BCUT2D eigenvalue weighted by Crippen LogP contribution is 2.22. The summed E-state index contributed by atoms with van der Waals surface area (Å²) in [5, 5.41) is 17.2. The smallest absolute Gasteiger partial charge is 0.285 e. The van der Waals surface area contributed by atoms with E-state index in [1.165, 1.54) is 12.5 Å². The normalized spacial score (nSPS) is 17.9. The van der Waals surface area contributed by atoms with Crippen LogP contribution in [-0.4, -0.2) is 30.0 Å². The van der Waals surface area contributed by atoms with Crippen LogP contribution in [0.15, 0.2) is 18.2 Å². The van der Waals surface area contributed by atoms with Crippen LogP contribution < -0.4 is 10.6 Å². The molecule has 20 heavy (non-hydrogen) atoms. The van der Waals surface area contributed by atoms with E-state index < -0.39 is 4.92 Å². The molecule has 2 rings (SSSR count). The molecular weight excluding hydrogens is 258 g/mol. The molecule has 0 unspecified atom stereocenters. The second-order valence-electron chi connectivity index (χ2n) is 5.07. The third kappa shape index (κ3) is 3.33. The first-order chi connectivity index (χ1) is 9.59. The van der Waals surface area contributed by atoms with Gasteiger partial charge >= 0.3 is 0 Å². The fourth-order valence-corrected chi connectivity index (χ4v) is 2.54. The van der Waals surface area contributed by atoms with Crippen LogP contribution in [0, 0.1) is 17.0 Å². The van der Waals surface area contributed by atoms with E-state index in [1.807, 2.05) is 0 Å². The van der Waals surface area contributed by atoms with Gasteiger partial charge in [0.25, 0.3) is 11.6 Å². The predicted molar refractivity (Wildman–Crippen MR) is 75.8 cm³/mol. The Morgan fingerprint density at radius 2 is 2.35 bits per heavy atom. The molecule has 1 heterocycles. The van der Waals surface area contributed by atoms with E-state index in [0.29, 0.717) is 18.2 Å². The van der Waals surface area contributed by atoms with Crippen LogP contribution in [-0.2, 0) is 0 Å². The number of benzene rings is 1. The number of nitro groups is 1. The van der Waals surface area contributed by atoms with Crippen LogP contribution in [0.4, 0.5) is 5.69 Å². The van der Waals surface area contributed by atoms with E-state index >= 15 is 0 Å². The number of hydrogen-bond acceptors (Lipinski definition) is 4. The first-order valence-corrected chi connectivity index (χ1v) is 6.85. The van der Waals surface area contributed by atoms with Gasteiger partial charge in [-0.05, 0) is 38.8 Å². The molecule has 0 spiro atoms. The summed E-state index contributed by atoms with van der Waals surface area (Å²) in [6, 6.07) is 5.24. The van der Waals surface area contributed by atoms with Crippen molar-refractivity contribution >= 4 is 11.6 Å². The molecule has 1 atom stereocenters. The van der Waals surface area contributed by atoms with Gasteiger partial charge < -0.3 is 10.6 Å². The van der Waals surface area contributed by atoms with E-state index in [4.69, 9.17) is 0 Å². The maximum Gasteiger partial charge on any atom is 0.285 e. The topological polar surface area (TPSA) is 84.3 Å². The predicted octanol–water partition coefficient (Wildman–Crippen LogP) is 1.78. The lowest BCUT2D eigenvalue weighted by molar-refractivity contribution is -0.385. The number of nitrogens with zero attached hydrogens (tertiary/aromatic N) is 1. The molecular formula is C14H19N3O3. The zero-order valence-electron chi connectivity index (χ0n) is 11.5. The molecule has 1 aliphatic heterocycles. The Morgan fingerprint density at radius 3 is 3.00 bits per heavy atom. The summed E-state index contributed by atoms with van der Waals surface area (Å²) in [5.41, 5.74) is 0.526. The summed E-state index contributed by atoms with van der Waals surface area (Å²) in [7, 11) is 0. The number of carbonyl (C=O) groups excluding carboxylic acids is 1. The average molecular weight is 277 g/mol. The van der Waals surface area contributed by atoms with Crippen LogP contribution >= 0.6 is 0 Å². The van der Waals surface area contributed by atoms with Gasteiger partial charge in [0.05, 0.1) is 4.92 Å². The maximum absolute atomic E-state index is 12.1. The number of para-hydroxylation sites is 1. The Labute approximate surface area is 117 Å². The van der Waals surface area contributed by atoms with Crippen molar-refractivity contribution < 1.29 is 9.72 Å². The van der Waals surface area contributed by atoms with Crippen molar-refractivity contribution in [1.29, 1.82) is 0 Å². The Bertz CT molecular complexity index is 510. The van der Waals surface area contributed by atoms with Crippen molar-refractivity contribution in [2.24, 2.45) is 0 Å². The van der Waals surface area contributed by atoms with E-state index in [2.05, 4.69) is 10.6 Å². The first kappa shape index (κ1) is 14.5. The molecule has 1 aromatic rings. The number of amides is 1. The van der Waals surface area contributed by atoms with Crippen LogP contribution in [0.5, 0.6) is 0 Å². The highest BCUT2D eigenvalue weighted by molar-refractivity contribution is 5.98. The minimum absolute atomic E-state index is 0.107. The maximum atomic E-state index is 12.1. The molecule has 6 heteroatoms. The van der Waals surface area contributed by atoms with Crippen LogP contribution in [0.1, 0.15) is 35.2 Å². The second-order valence-corrected chi connectivity index (χ2v) is 5.07. The fraction of sp³-hybridized carbons (Fsp3) is 0.500. The number of rotatable bonds is 5. The summed E-state index contributed by atoms with van der Waals surface area (Å²) in [6.07, 6.45) is 3.15. The molecule has 2 N–H and O–H groups in total. The third-order valence-corrected chi connectivity index (χ3v) is 3.61. The van der Waals surface area contributed by atoms with Gasteiger partial charge in [-0.1, -0.05) is 12.1 Å². The third-order valence-electron chi connectivity index (χ3n) is 3.61. The van der Waals surface area contributed by atoms with Gasteiger partial charge in [-0.25, -0.2) is 0 Å². The number of aryl methyl sites for hydroxylation is 1. The molecule has 1 fully saturated rings. The van der Waals surface area contributed by atoms with E-state index in [1.54, 1.807) is 19.1 Å². The van der Waals surface area contributed by atoms with E-state index in [9.17, 15) is 14.9 Å². The lowest BCUT2D eigenvalue weighted by Gasteiger charge is -2.11. The minimum Gasteiger partial charge on any atom is -0.352 e. The largest absolute Gasteiger partial charge is 0.352 e. The molecule has 0 aliphatic carbocycles. The first-order valence-electron chi connectivity index (χ1n) is 6.85. The van der Waals surface area contributed by atoms with Gasteiger partial charge in [-0.15, -0.1) is 0 Å². The summed E-state index contributed by atoms with van der Waals surface area (Å²) in [4.78, 5) is 22.6. The minimum atomic E-state index is -0.497. The van der Waals surface area contributed by atoms with Crippen molar-refractivity contribution in [3.8, 4) is 0 Å². The number of nitrogens with one attached hydrogen (secondary N) is 2. The molecule has 1 saturated heterocycles.